The van der Waals surface area contributed by atoms with E-state index in [0.717, 1.165) is 11.1 Å². The first kappa shape index (κ1) is 11.9. The molecule has 1 unspecified atom stereocenters. The van der Waals surface area contributed by atoms with Gasteiger partial charge in [0, 0.05) is 0 Å². The van der Waals surface area contributed by atoms with Crippen molar-refractivity contribution in [2.24, 2.45) is 4.99 Å². The number of terminal acetylenes is 1. The van der Waals surface area contributed by atoms with E-state index in [1.807, 2.05) is 34.1 Å². The van der Waals surface area contributed by atoms with E-state index in [4.69, 9.17) is 11.2 Å². The SMILES string of the molecule is C#CCC1N=c2c(ccc(-c3ccccc3)c2=[SiH2])O1. The smallest absolute Gasteiger partial charge is 0.201 e. The Morgan fingerprint density at radius 2 is 2.00 bits per heavy atom. The van der Waals surface area contributed by atoms with Crippen molar-refractivity contribution in [1.29, 1.82) is 0 Å². The van der Waals surface area contributed by atoms with Crippen LogP contribution in [0.15, 0.2) is 47.5 Å². The van der Waals surface area contributed by atoms with E-state index in [2.05, 4.69) is 29.1 Å². The molecule has 92 valence electrons. The molecule has 19 heavy (non-hydrogen) atoms. The zero-order valence-corrected chi connectivity index (χ0v) is 11.9. The molecule has 1 heterocycles. The maximum atomic E-state index is 5.71. The molecule has 0 aliphatic carbocycles. The quantitative estimate of drug-likeness (QED) is 0.596. The first-order valence-electron chi connectivity index (χ1n) is 6.15. The van der Waals surface area contributed by atoms with Crippen LogP contribution < -0.4 is 10.1 Å². The van der Waals surface area contributed by atoms with Crippen LogP contribution in [-0.4, -0.2) is 16.1 Å². The highest BCUT2D eigenvalue weighted by Gasteiger charge is 2.17. The maximum Gasteiger partial charge on any atom is 0.201 e. The first-order chi connectivity index (χ1) is 9.29. The van der Waals surface area contributed by atoms with Crippen LogP contribution in [0.1, 0.15) is 6.42 Å². The van der Waals surface area contributed by atoms with Gasteiger partial charge in [0.25, 0.3) is 0 Å². The summed E-state index contributed by atoms with van der Waals surface area (Å²) >= 11 is 0. The number of ether oxygens (including phenoxy) is 1. The van der Waals surface area contributed by atoms with E-state index >= 15 is 0 Å². The van der Waals surface area contributed by atoms with E-state index in [9.17, 15) is 0 Å². The molecule has 0 aromatic heterocycles. The van der Waals surface area contributed by atoms with Gasteiger partial charge in [-0.15, -0.1) is 12.3 Å². The van der Waals surface area contributed by atoms with Crippen molar-refractivity contribution in [3.05, 3.63) is 52.6 Å². The van der Waals surface area contributed by atoms with Gasteiger partial charge >= 0.3 is 0 Å². The van der Waals surface area contributed by atoms with Crippen molar-refractivity contribution in [1.82, 2.24) is 0 Å². The Bertz CT molecular complexity index is 762. The number of benzene rings is 2. The fourth-order valence-electron chi connectivity index (χ4n) is 2.24. The van der Waals surface area contributed by atoms with Crippen molar-refractivity contribution in [2.75, 3.05) is 0 Å². The summed E-state index contributed by atoms with van der Waals surface area (Å²) in [4.78, 5) is 5.74. The van der Waals surface area contributed by atoms with Gasteiger partial charge in [-0.05, 0) is 31.9 Å². The number of nitrogens with zero attached hydrogens (tertiary/aromatic N) is 1. The third-order valence-corrected chi connectivity index (χ3v) is 3.87. The molecule has 2 aromatic rings. The van der Waals surface area contributed by atoms with Crippen LogP contribution in [0.4, 0.5) is 0 Å². The highest BCUT2D eigenvalue weighted by Crippen LogP contribution is 2.23. The minimum absolute atomic E-state index is 0.227. The summed E-state index contributed by atoms with van der Waals surface area (Å²) < 4.78 is 5.71. The Kier molecular flexibility index (Phi) is 3.02. The van der Waals surface area contributed by atoms with Crippen LogP contribution in [0.5, 0.6) is 5.75 Å². The molecule has 1 atom stereocenters. The Morgan fingerprint density at radius 1 is 1.21 bits per heavy atom. The second kappa shape index (κ2) is 4.83. The number of hydrogen-bond donors (Lipinski definition) is 0. The van der Waals surface area contributed by atoms with E-state index < -0.39 is 0 Å². The van der Waals surface area contributed by atoms with Gasteiger partial charge in [-0.1, -0.05) is 36.4 Å². The molecule has 0 saturated carbocycles. The van der Waals surface area contributed by atoms with Gasteiger partial charge in [0.15, 0.2) is 0 Å². The molecule has 0 spiro atoms. The molecule has 0 fully saturated rings. The fraction of sp³-hybridized carbons (Fsp3) is 0.125. The molecule has 0 amide bonds. The Morgan fingerprint density at radius 3 is 2.74 bits per heavy atom. The molecule has 0 saturated heterocycles. The van der Waals surface area contributed by atoms with Crippen LogP contribution in [0.2, 0.25) is 0 Å². The minimum Gasteiger partial charge on any atom is -0.465 e. The Labute approximate surface area is 114 Å². The normalized spacial score (nSPS) is 16.1. The van der Waals surface area contributed by atoms with E-state index in [1.165, 1.54) is 15.9 Å². The van der Waals surface area contributed by atoms with Crippen molar-refractivity contribution < 1.29 is 4.74 Å². The second-order valence-electron chi connectivity index (χ2n) is 4.41. The van der Waals surface area contributed by atoms with Gasteiger partial charge in [-0.25, -0.2) is 4.99 Å². The van der Waals surface area contributed by atoms with Gasteiger partial charge < -0.3 is 4.74 Å². The van der Waals surface area contributed by atoms with Crippen molar-refractivity contribution in [3.8, 4) is 29.2 Å². The van der Waals surface area contributed by atoms with Gasteiger partial charge in [-0.3, -0.25) is 0 Å². The highest BCUT2D eigenvalue weighted by molar-refractivity contribution is 6.02. The zero-order valence-electron chi connectivity index (χ0n) is 10.5. The van der Waals surface area contributed by atoms with E-state index in [1.54, 1.807) is 0 Å². The number of fused-ring (bicyclic) bond motifs is 1. The van der Waals surface area contributed by atoms with Gasteiger partial charge in [0.05, 0.1) is 6.42 Å². The predicted octanol–water partition coefficient (Wildman–Crippen LogP) is 1.60. The van der Waals surface area contributed by atoms with Crippen LogP contribution in [-0.2, 0) is 0 Å². The molecule has 2 aromatic carbocycles. The van der Waals surface area contributed by atoms with E-state index in [0.29, 0.717) is 6.42 Å². The molecule has 1 aliphatic heterocycles. The fourth-order valence-corrected chi connectivity index (χ4v) is 2.83. The molecule has 3 rings (SSSR count). The molecular formula is C16H13NOSi. The van der Waals surface area contributed by atoms with E-state index in [-0.39, 0.29) is 6.23 Å². The summed E-state index contributed by atoms with van der Waals surface area (Å²) in [5, 5.41) is 0.944. The Balaban J connectivity index is 2.14. The second-order valence-corrected chi connectivity index (χ2v) is 5.12. The first-order valence-corrected chi connectivity index (χ1v) is 6.85. The minimum atomic E-state index is -0.227. The van der Waals surface area contributed by atoms with Crippen molar-refractivity contribution in [2.45, 2.75) is 12.6 Å². The number of hydrogen-bond acceptors (Lipinski definition) is 2. The summed E-state index contributed by atoms with van der Waals surface area (Å²) in [6.45, 7) is 0. The highest BCUT2D eigenvalue weighted by atomic mass is 28.1. The summed E-state index contributed by atoms with van der Waals surface area (Å²) in [5.41, 5.74) is 2.40. The molecule has 2 nitrogen and oxygen atoms in total. The van der Waals surface area contributed by atoms with Crippen LogP contribution >= 0.6 is 0 Å². The molecule has 0 radical (unpaired) electrons. The monoisotopic (exact) mass is 263 g/mol. The van der Waals surface area contributed by atoms with Crippen LogP contribution in [0, 0.1) is 17.2 Å². The summed E-state index contributed by atoms with van der Waals surface area (Å²) in [7, 11) is 1.85. The van der Waals surface area contributed by atoms with Crippen LogP contribution in [0.3, 0.4) is 0 Å². The molecular weight excluding hydrogens is 250 g/mol. The standard InChI is InChI=1S/C16H13NOSi/c1-2-6-14-17-15-13(18-14)10-9-12(16(15)19)11-7-4-3-5-8-11/h1,3-5,7-10,14H,6,19H2. The zero-order chi connectivity index (χ0) is 13.2. The average molecular weight is 263 g/mol. The summed E-state index contributed by atoms with van der Waals surface area (Å²) in [6, 6.07) is 14.4. The third-order valence-electron chi connectivity index (χ3n) is 3.16. The third kappa shape index (κ3) is 2.11. The molecule has 0 N–H and O–H groups in total. The predicted molar refractivity (Wildman–Crippen MR) is 78.3 cm³/mol. The van der Waals surface area contributed by atoms with Gasteiger partial charge in [0.2, 0.25) is 6.23 Å². The maximum absolute atomic E-state index is 5.71. The lowest BCUT2D eigenvalue weighted by molar-refractivity contribution is 0.236. The molecule has 1 aliphatic rings. The summed E-state index contributed by atoms with van der Waals surface area (Å²) in [6.07, 6.45) is 5.60. The largest absolute Gasteiger partial charge is 0.465 e. The Hall–Kier alpha value is -2.18. The average Bonchev–Trinajstić information content (AvgIpc) is 2.84. The van der Waals surface area contributed by atoms with Crippen LogP contribution in [0.25, 0.3) is 11.1 Å². The topological polar surface area (TPSA) is 21.6 Å². The lowest BCUT2D eigenvalue weighted by Crippen LogP contribution is -2.07. The molecule has 0 bridgehead atoms. The lowest BCUT2D eigenvalue weighted by Gasteiger charge is -2.05. The van der Waals surface area contributed by atoms with Gasteiger partial charge in [0.1, 0.15) is 11.1 Å². The van der Waals surface area contributed by atoms with Gasteiger partial charge in [-0.2, -0.15) is 0 Å². The van der Waals surface area contributed by atoms with Crippen molar-refractivity contribution in [3.63, 3.8) is 0 Å². The summed E-state index contributed by atoms with van der Waals surface area (Å²) in [5.74, 6) is 3.43. The lowest BCUT2D eigenvalue weighted by atomic mass is 10.1. The number of rotatable bonds is 2. The molecule has 3 heteroatoms. The van der Waals surface area contributed by atoms with Crippen molar-refractivity contribution >= 4 is 9.85 Å².